The number of nitrogens with zero attached hydrogens (tertiary/aromatic N) is 1. The maximum absolute atomic E-state index is 13.3. The molecule has 0 radical (unpaired) electrons. The number of non-ortho nitro benzene ring substituents is 1. The van der Waals surface area contributed by atoms with Crippen molar-refractivity contribution in [3.05, 3.63) is 64.2 Å². The standard InChI is InChI=1S/C14H12F2N2O3/c15-10-1-6-14(13(16)9-10)21-8-7-17-11-2-4-12(5-3-11)18(19)20/h1-6,9,17H,7-8H2. The molecule has 2 rings (SSSR count). The second-order valence-electron chi connectivity index (χ2n) is 4.15. The minimum absolute atomic E-state index is 0.00480. The Bertz CT molecular complexity index is 633. The van der Waals surface area contributed by atoms with Gasteiger partial charge in [0, 0.05) is 30.4 Å². The Morgan fingerprint density at radius 2 is 1.86 bits per heavy atom. The number of benzene rings is 2. The molecule has 0 heterocycles. The zero-order valence-electron chi connectivity index (χ0n) is 10.9. The number of hydrogen-bond donors (Lipinski definition) is 1. The van der Waals surface area contributed by atoms with Crippen LogP contribution in [0.15, 0.2) is 42.5 Å². The van der Waals surface area contributed by atoms with Crippen LogP contribution in [0.1, 0.15) is 0 Å². The molecule has 0 aromatic heterocycles. The summed E-state index contributed by atoms with van der Waals surface area (Å²) in [5, 5.41) is 13.5. The highest BCUT2D eigenvalue weighted by Gasteiger charge is 2.05. The summed E-state index contributed by atoms with van der Waals surface area (Å²) in [7, 11) is 0. The van der Waals surface area contributed by atoms with Gasteiger partial charge in [0.15, 0.2) is 11.6 Å². The lowest BCUT2D eigenvalue weighted by atomic mass is 10.3. The summed E-state index contributed by atoms with van der Waals surface area (Å²) in [5.74, 6) is -1.45. The van der Waals surface area contributed by atoms with Gasteiger partial charge in [-0.15, -0.1) is 0 Å². The first-order valence-electron chi connectivity index (χ1n) is 6.12. The Morgan fingerprint density at radius 3 is 2.48 bits per heavy atom. The van der Waals surface area contributed by atoms with Gasteiger partial charge in [-0.05, 0) is 24.3 Å². The molecule has 0 amide bonds. The van der Waals surface area contributed by atoms with Gasteiger partial charge in [-0.25, -0.2) is 8.78 Å². The molecular weight excluding hydrogens is 282 g/mol. The van der Waals surface area contributed by atoms with Crippen molar-refractivity contribution in [3.8, 4) is 5.75 Å². The largest absolute Gasteiger partial charge is 0.489 e. The highest BCUT2D eigenvalue weighted by Crippen LogP contribution is 2.18. The summed E-state index contributed by atoms with van der Waals surface area (Å²) in [4.78, 5) is 10.0. The van der Waals surface area contributed by atoms with Gasteiger partial charge in [0.05, 0.1) is 4.92 Å². The fourth-order valence-electron chi connectivity index (χ4n) is 1.65. The number of rotatable bonds is 6. The van der Waals surface area contributed by atoms with Crippen molar-refractivity contribution in [2.24, 2.45) is 0 Å². The highest BCUT2D eigenvalue weighted by atomic mass is 19.1. The van der Waals surface area contributed by atoms with Crippen molar-refractivity contribution in [2.45, 2.75) is 0 Å². The number of ether oxygens (including phenoxy) is 1. The third kappa shape index (κ3) is 4.13. The monoisotopic (exact) mass is 294 g/mol. The van der Waals surface area contributed by atoms with E-state index >= 15 is 0 Å². The van der Waals surface area contributed by atoms with Crippen molar-refractivity contribution in [1.82, 2.24) is 0 Å². The fraction of sp³-hybridized carbons (Fsp3) is 0.143. The molecule has 0 atom stereocenters. The molecule has 0 saturated heterocycles. The topological polar surface area (TPSA) is 64.4 Å². The molecule has 0 spiro atoms. The number of hydrogen-bond acceptors (Lipinski definition) is 4. The molecule has 0 aliphatic heterocycles. The van der Waals surface area contributed by atoms with Crippen molar-refractivity contribution in [2.75, 3.05) is 18.5 Å². The number of nitro benzene ring substituents is 1. The van der Waals surface area contributed by atoms with Gasteiger partial charge in [0.25, 0.3) is 5.69 Å². The molecule has 0 fully saturated rings. The van der Waals surface area contributed by atoms with Crippen molar-refractivity contribution in [3.63, 3.8) is 0 Å². The average Bonchev–Trinajstić information content (AvgIpc) is 2.46. The Hall–Kier alpha value is -2.70. The lowest BCUT2D eigenvalue weighted by molar-refractivity contribution is -0.384. The van der Waals surface area contributed by atoms with Gasteiger partial charge < -0.3 is 10.1 Å². The van der Waals surface area contributed by atoms with Crippen LogP contribution in [-0.2, 0) is 0 Å². The third-order valence-corrected chi connectivity index (χ3v) is 2.66. The predicted octanol–water partition coefficient (Wildman–Crippen LogP) is 3.36. The molecule has 110 valence electrons. The van der Waals surface area contributed by atoms with Crippen LogP contribution in [0, 0.1) is 21.7 Å². The summed E-state index contributed by atoms with van der Waals surface area (Å²) >= 11 is 0. The van der Waals surface area contributed by atoms with E-state index in [1.54, 1.807) is 12.1 Å². The summed E-state index contributed by atoms with van der Waals surface area (Å²) in [6.07, 6.45) is 0. The summed E-state index contributed by atoms with van der Waals surface area (Å²) in [5.41, 5.74) is 0.689. The molecule has 0 aliphatic carbocycles. The van der Waals surface area contributed by atoms with Gasteiger partial charge in [-0.3, -0.25) is 10.1 Å². The van der Waals surface area contributed by atoms with Crippen LogP contribution >= 0.6 is 0 Å². The van der Waals surface area contributed by atoms with Crippen LogP contribution < -0.4 is 10.1 Å². The molecule has 5 nitrogen and oxygen atoms in total. The van der Waals surface area contributed by atoms with Crippen LogP contribution in [0.4, 0.5) is 20.2 Å². The molecule has 2 aromatic carbocycles. The minimum atomic E-state index is -0.759. The lowest BCUT2D eigenvalue weighted by Crippen LogP contribution is -2.12. The average molecular weight is 294 g/mol. The van der Waals surface area contributed by atoms with E-state index < -0.39 is 16.6 Å². The fourth-order valence-corrected chi connectivity index (χ4v) is 1.65. The van der Waals surface area contributed by atoms with Gasteiger partial charge in [-0.2, -0.15) is 0 Å². The maximum Gasteiger partial charge on any atom is 0.269 e. The lowest BCUT2D eigenvalue weighted by Gasteiger charge is -2.09. The first-order chi connectivity index (χ1) is 10.1. The number of nitrogens with one attached hydrogen (secondary N) is 1. The van der Waals surface area contributed by atoms with E-state index in [-0.39, 0.29) is 18.0 Å². The first-order valence-corrected chi connectivity index (χ1v) is 6.12. The van der Waals surface area contributed by atoms with E-state index in [0.717, 1.165) is 12.1 Å². The zero-order chi connectivity index (χ0) is 15.2. The number of nitro groups is 1. The smallest absolute Gasteiger partial charge is 0.269 e. The normalized spacial score (nSPS) is 10.2. The molecule has 1 N–H and O–H groups in total. The van der Waals surface area contributed by atoms with E-state index in [1.807, 2.05) is 0 Å². The van der Waals surface area contributed by atoms with Crippen molar-refractivity contribution >= 4 is 11.4 Å². The Kier molecular flexibility index (Phi) is 4.65. The number of halogens is 2. The van der Waals surface area contributed by atoms with Crippen LogP contribution in [0.2, 0.25) is 0 Å². The van der Waals surface area contributed by atoms with Gasteiger partial charge in [0.2, 0.25) is 0 Å². The van der Waals surface area contributed by atoms with E-state index in [4.69, 9.17) is 4.74 Å². The quantitative estimate of drug-likeness (QED) is 0.504. The molecule has 2 aromatic rings. The second kappa shape index (κ2) is 6.65. The van der Waals surface area contributed by atoms with E-state index in [0.29, 0.717) is 12.2 Å². The van der Waals surface area contributed by atoms with Crippen LogP contribution in [0.25, 0.3) is 0 Å². The Labute approximate surface area is 119 Å². The van der Waals surface area contributed by atoms with E-state index in [9.17, 15) is 18.9 Å². The second-order valence-corrected chi connectivity index (χ2v) is 4.15. The summed E-state index contributed by atoms with van der Waals surface area (Å²) in [6.45, 7) is 0.536. The van der Waals surface area contributed by atoms with Crippen LogP contribution in [0.5, 0.6) is 5.75 Å². The molecule has 21 heavy (non-hydrogen) atoms. The highest BCUT2D eigenvalue weighted by molar-refractivity contribution is 5.48. The molecular formula is C14H12F2N2O3. The molecule has 0 aliphatic rings. The maximum atomic E-state index is 13.3. The van der Waals surface area contributed by atoms with Crippen molar-refractivity contribution in [1.29, 1.82) is 0 Å². The minimum Gasteiger partial charge on any atom is -0.489 e. The van der Waals surface area contributed by atoms with Gasteiger partial charge in [-0.1, -0.05) is 0 Å². The van der Waals surface area contributed by atoms with Gasteiger partial charge >= 0.3 is 0 Å². The molecule has 0 bridgehead atoms. The molecule has 0 saturated carbocycles. The SMILES string of the molecule is O=[N+]([O-])c1ccc(NCCOc2ccc(F)cc2F)cc1. The summed E-state index contributed by atoms with van der Waals surface area (Å²) in [6, 6.07) is 8.97. The molecule has 7 heteroatoms. The van der Waals surface area contributed by atoms with Crippen molar-refractivity contribution < 1.29 is 18.4 Å². The molecule has 0 unspecified atom stereocenters. The van der Waals surface area contributed by atoms with E-state index in [2.05, 4.69) is 5.32 Å². The Morgan fingerprint density at radius 1 is 1.14 bits per heavy atom. The van der Waals surface area contributed by atoms with E-state index in [1.165, 1.54) is 18.2 Å². The number of anilines is 1. The predicted molar refractivity (Wildman–Crippen MR) is 73.4 cm³/mol. The van der Waals surface area contributed by atoms with Crippen LogP contribution in [-0.4, -0.2) is 18.1 Å². The van der Waals surface area contributed by atoms with Crippen LogP contribution in [0.3, 0.4) is 0 Å². The first kappa shape index (κ1) is 14.7. The van der Waals surface area contributed by atoms with Gasteiger partial charge in [0.1, 0.15) is 12.4 Å². The summed E-state index contributed by atoms with van der Waals surface area (Å²) < 4.78 is 31.1. The Balaban J connectivity index is 1.80. The third-order valence-electron chi connectivity index (χ3n) is 2.66. The zero-order valence-corrected chi connectivity index (χ0v) is 10.9.